The number of benzene rings is 2. The molecule has 3 N–H and O–H groups in total. The number of carbonyl (C=O) groups excluding carboxylic acids is 2. The number of para-hydroxylation sites is 1. The molecule has 146 valence electrons. The zero-order valence-electron chi connectivity index (χ0n) is 16.5. The molecule has 1 atom stereocenters. The van der Waals surface area contributed by atoms with Crippen LogP contribution in [-0.2, 0) is 16.0 Å². The van der Waals surface area contributed by atoms with E-state index in [0.29, 0.717) is 18.5 Å². The Morgan fingerprint density at radius 2 is 1.75 bits per heavy atom. The summed E-state index contributed by atoms with van der Waals surface area (Å²) in [4.78, 5) is 25.3. The number of hydrogen-bond acceptors (Lipinski definition) is 3. The minimum Gasteiger partial charge on any atom is -0.509 e. The van der Waals surface area contributed by atoms with Gasteiger partial charge in [0.05, 0.1) is 5.54 Å². The minimum atomic E-state index is -0.961. The van der Waals surface area contributed by atoms with Crippen molar-refractivity contribution < 1.29 is 14.7 Å². The van der Waals surface area contributed by atoms with E-state index in [1.807, 2.05) is 62.4 Å². The molecule has 0 saturated heterocycles. The third-order valence-electron chi connectivity index (χ3n) is 5.19. The Balaban J connectivity index is 1.80. The Bertz CT molecular complexity index is 918. The fourth-order valence-corrected chi connectivity index (χ4v) is 3.49. The summed E-state index contributed by atoms with van der Waals surface area (Å²) in [5, 5.41) is 16.3. The monoisotopic (exact) mass is 378 g/mol. The van der Waals surface area contributed by atoms with Crippen molar-refractivity contribution in [2.75, 3.05) is 5.32 Å². The van der Waals surface area contributed by atoms with Gasteiger partial charge in [0.25, 0.3) is 11.8 Å². The van der Waals surface area contributed by atoms with Gasteiger partial charge in [-0.05, 0) is 42.9 Å². The highest BCUT2D eigenvalue weighted by atomic mass is 16.3. The molecule has 5 nitrogen and oxygen atoms in total. The Hall–Kier alpha value is -3.08. The Labute approximate surface area is 165 Å². The van der Waals surface area contributed by atoms with Gasteiger partial charge in [-0.3, -0.25) is 9.59 Å². The number of aryl methyl sites for hydroxylation is 1. The Morgan fingerprint density at radius 3 is 2.43 bits per heavy atom. The van der Waals surface area contributed by atoms with E-state index in [2.05, 4.69) is 10.6 Å². The van der Waals surface area contributed by atoms with Crippen LogP contribution in [0.25, 0.3) is 0 Å². The summed E-state index contributed by atoms with van der Waals surface area (Å²) < 4.78 is 0. The number of amides is 2. The first-order valence-corrected chi connectivity index (χ1v) is 9.52. The molecule has 0 fully saturated rings. The molecule has 0 spiro atoms. The van der Waals surface area contributed by atoms with Crippen molar-refractivity contribution >= 4 is 17.5 Å². The number of aliphatic hydroxyl groups is 1. The second-order valence-electron chi connectivity index (χ2n) is 7.69. The summed E-state index contributed by atoms with van der Waals surface area (Å²) in [6, 6.07) is 17.3. The topological polar surface area (TPSA) is 78.4 Å². The zero-order valence-corrected chi connectivity index (χ0v) is 16.5. The maximum Gasteiger partial charge on any atom is 0.264 e. The second kappa shape index (κ2) is 7.89. The van der Waals surface area contributed by atoms with Crippen LogP contribution in [0.2, 0.25) is 0 Å². The van der Waals surface area contributed by atoms with Crippen molar-refractivity contribution in [2.24, 2.45) is 0 Å². The molecule has 2 aromatic carbocycles. The summed E-state index contributed by atoms with van der Waals surface area (Å²) in [7, 11) is 0. The van der Waals surface area contributed by atoms with Crippen LogP contribution in [0.4, 0.5) is 5.69 Å². The molecule has 28 heavy (non-hydrogen) atoms. The largest absolute Gasteiger partial charge is 0.509 e. The molecule has 5 heteroatoms. The maximum absolute atomic E-state index is 12.8. The molecule has 1 heterocycles. The van der Waals surface area contributed by atoms with Gasteiger partial charge in [-0.25, -0.2) is 0 Å². The third kappa shape index (κ3) is 3.93. The van der Waals surface area contributed by atoms with Crippen LogP contribution in [0, 0.1) is 0 Å². The van der Waals surface area contributed by atoms with Gasteiger partial charge in [0, 0.05) is 5.69 Å². The van der Waals surface area contributed by atoms with E-state index < -0.39 is 17.4 Å². The number of aliphatic hydroxyl groups excluding tert-OH is 1. The first-order chi connectivity index (χ1) is 13.3. The fraction of sp³-hybridized carbons (Fsp3) is 0.304. The third-order valence-corrected chi connectivity index (χ3v) is 5.19. The molecule has 0 aliphatic carbocycles. The predicted molar refractivity (Wildman–Crippen MR) is 110 cm³/mol. The Kier molecular flexibility index (Phi) is 5.54. The number of rotatable bonds is 6. The predicted octanol–water partition coefficient (Wildman–Crippen LogP) is 4.08. The molecule has 1 unspecified atom stereocenters. The molecule has 0 saturated carbocycles. The highest BCUT2D eigenvalue weighted by molar-refractivity contribution is 6.25. The summed E-state index contributed by atoms with van der Waals surface area (Å²) >= 11 is 0. The van der Waals surface area contributed by atoms with Crippen molar-refractivity contribution in [3.8, 4) is 0 Å². The van der Waals surface area contributed by atoms with Crippen molar-refractivity contribution in [2.45, 2.75) is 45.1 Å². The lowest BCUT2D eigenvalue weighted by molar-refractivity contribution is -0.121. The normalized spacial score (nSPS) is 19.1. The van der Waals surface area contributed by atoms with Crippen molar-refractivity contribution in [1.82, 2.24) is 5.32 Å². The smallest absolute Gasteiger partial charge is 0.264 e. The van der Waals surface area contributed by atoms with E-state index in [9.17, 15) is 14.7 Å². The summed E-state index contributed by atoms with van der Waals surface area (Å²) in [5.74, 6) is -1.13. The highest BCUT2D eigenvalue weighted by Gasteiger charge is 2.44. The number of carbonyl (C=O) groups is 2. The van der Waals surface area contributed by atoms with Gasteiger partial charge < -0.3 is 15.7 Å². The minimum absolute atomic E-state index is 0.201. The van der Waals surface area contributed by atoms with Gasteiger partial charge in [-0.1, -0.05) is 62.4 Å². The molecule has 0 bridgehead atoms. The second-order valence-corrected chi connectivity index (χ2v) is 7.69. The average molecular weight is 378 g/mol. The van der Waals surface area contributed by atoms with Gasteiger partial charge in [-0.2, -0.15) is 0 Å². The molecular formula is C23H26N2O3. The van der Waals surface area contributed by atoms with E-state index in [1.54, 1.807) is 13.0 Å². The summed E-state index contributed by atoms with van der Waals surface area (Å²) in [6.07, 6.45) is 1.17. The lowest BCUT2D eigenvalue weighted by Crippen LogP contribution is -2.42. The van der Waals surface area contributed by atoms with Crippen molar-refractivity contribution in [3.63, 3.8) is 0 Å². The van der Waals surface area contributed by atoms with Crippen LogP contribution in [0.5, 0.6) is 0 Å². The number of hydrogen-bond donors (Lipinski definition) is 3. The molecule has 0 radical (unpaired) electrons. The van der Waals surface area contributed by atoms with Crippen LogP contribution in [0.1, 0.15) is 44.2 Å². The molecule has 0 aromatic heterocycles. The lowest BCUT2D eigenvalue weighted by atomic mass is 9.92. The van der Waals surface area contributed by atoms with Crippen molar-refractivity contribution in [1.29, 1.82) is 0 Å². The van der Waals surface area contributed by atoms with E-state index in [-0.39, 0.29) is 17.3 Å². The van der Waals surface area contributed by atoms with Crippen LogP contribution in [0.15, 0.2) is 65.9 Å². The van der Waals surface area contributed by atoms with Gasteiger partial charge in [0.2, 0.25) is 0 Å². The molecule has 3 rings (SSSR count). The van der Waals surface area contributed by atoms with Crippen LogP contribution in [0.3, 0.4) is 0 Å². The summed E-state index contributed by atoms with van der Waals surface area (Å²) in [5.41, 5.74) is 1.55. The fourth-order valence-electron chi connectivity index (χ4n) is 3.49. The number of nitrogens with one attached hydrogen (secondary N) is 2. The van der Waals surface area contributed by atoms with E-state index in [1.165, 1.54) is 0 Å². The Morgan fingerprint density at radius 1 is 1.11 bits per heavy atom. The van der Waals surface area contributed by atoms with Gasteiger partial charge >= 0.3 is 0 Å². The average Bonchev–Trinajstić information content (AvgIpc) is 2.90. The maximum atomic E-state index is 12.8. The van der Waals surface area contributed by atoms with E-state index in [4.69, 9.17) is 0 Å². The molecular weight excluding hydrogens is 352 g/mol. The van der Waals surface area contributed by atoms with E-state index in [0.717, 1.165) is 11.1 Å². The highest BCUT2D eigenvalue weighted by Crippen LogP contribution is 2.31. The quantitative estimate of drug-likeness (QED) is 0.663. The lowest BCUT2D eigenvalue weighted by Gasteiger charge is -2.24. The standard InChI is InChI=1S/C23H26N2O3/c1-15(2)17-11-7-8-12-18(17)24-21(27)19-20(26)23(3,25-22(19)28)14-13-16-9-5-4-6-10-16/h4-12,15,26H,13-14H2,1-3H3,(H,24,27)(H,25,28). The zero-order chi connectivity index (χ0) is 20.3. The molecule has 1 aliphatic rings. The molecule has 2 amide bonds. The molecule has 1 aliphatic heterocycles. The van der Waals surface area contributed by atoms with Crippen LogP contribution >= 0.6 is 0 Å². The van der Waals surface area contributed by atoms with Crippen LogP contribution < -0.4 is 10.6 Å². The van der Waals surface area contributed by atoms with Crippen LogP contribution in [-0.4, -0.2) is 22.5 Å². The first-order valence-electron chi connectivity index (χ1n) is 9.52. The first kappa shape index (κ1) is 19.7. The van der Waals surface area contributed by atoms with Crippen molar-refractivity contribution in [3.05, 3.63) is 77.1 Å². The SMILES string of the molecule is CC(C)c1ccccc1NC(=O)C1=C(O)C(C)(CCc2ccccc2)NC1=O. The molecule has 2 aromatic rings. The van der Waals surface area contributed by atoms with Gasteiger partial charge in [-0.15, -0.1) is 0 Å². The van der Waals surface area contributed by atoms with Gasteiger partial charge in [0.1, 0.15) is 11.3 Å². The number of anilines is 1. The van der Waals surface area contributed by atoms with Gasteiger partial charge in [0.15, 0.2) is 0 Å². The van der Waals surface area contributed by atoms with E-state index >= 15 is 0 Å². The summed E-state index contributed by atoms with van der Waals surface area (Å²) in [6.45, 7) is 5.81.